The van der Waals surface area contributed by atoms with Gasteiger partial charge in [0.15, 0.2) is 0 Å². The van der Waals surface area contributed by atoms with Gasteiger partial charge in [-0.3, -0.25) is 4.79 Å². The second kappa shape index (κ2) is 9.18. The Hall–Kier alpha value is -2.62. The highest BCUT2D eigenvalue weighted by Gasteiger charge is 2.07. The van der Waals surface area contributed by atoms with Crippen LogP contribution in [-0.4, -0.2) is 17.4 Å². The lowest BCUT2D eigenvalue weighted by atomic mass is 9.97. The second-order valence-corrected chi connectivity index (χ2v) is 6.89. The molecule has 0 radical (unpaired) electrons. The first-order valence-corrected chi connectivity index (χ1v) is 9.42. The summed E-state index contributed by atoms with van der Waals surface area (Å²) in [7, 11) is 0. The van der Waals surface area contributed by atoms with E-state index in [0.717, 1.165) is 24.2 Å². The third-order valence-electron chi connectivity index (χ3n) is 4.73. The van der Waals surface area contributed by atoms with Gasteiger partial charge in [-0.1, -0.05) is 41.5 Å². The van der Waals surface area contributed by atoms with E-state index >= 15 is 0 Å². The molecular formula is C22H27N3O. The summed E-state index contributed by atoms with van der Waals surface area (Å²) in [6, 6.07) is 11.8. The molecule has 0 bridgehead atoms. The molecular weight excluding hydrogens is 322 g/mol. The van der Waals surface area contributed by atoms with Crippen molar-refractivity contribution >= 4 is 11.6 Å². The normalized spacial score (nSPS) is 13.8. The van der Waals surface area contributed by atoms with E-state index in [1.54, 1.807) is 17.8 Å². The van der Waals surface area contributed by atoms with Gasteiger partial charge in [-0.05, 0) is 56.7 Å². The summed E-state index contributed by atoms with van der Waals surface area (Å²) in [6.07, 6.45) is 10.3. The van der Waals surface area contributed by atoms with E-state index in [1.165, 1.54) is 31.2 Å². The quantitative estimate of drug-likeness (QED) is 0.717. The van der Waals surface area contributed by atoms with Gasteiger partial charge < -0.3 is 10.6 Å². The number of anilines is 1. The maximum atomic E-state index is 12.2. The van der Waals surface area contributed by atoms with Crippen molar-refractivity contribution in [1.82, 2.24) is 10.3 Å². The zero-order chi connectivity index (χ0) is 18.2. The van der Waals surface area contributed by atoms with Crippen LogP contribution in [0, 0.1) is 6.92 Å². The minimum absolute atomic E-state index is 0.149. The minimum atomic E-state index is -0.149. The lowest BCUT2D eigenvalue weighted by Gasteiger charge is -2.13. The van der Waals surface area contributed by atoms with Crippen LogP contribution in [0.3, 0.4) is 0 Å². The van der Waals surface area contributed by atoms with E-state index in [2.05, 4.69) is 21.7 Å². The van der Waals surface area contributed by atoms with Crippen LogP contribution in [0.25, 0.3) is 0 Å². The molecule has 0 fully saturated rings. The summed E-state index contributed by atoms with van der Waals surface area (Å²) in [5.41, 5.74) is 5.25. The number of benzene rings is 1. The topological polar surface area (TPSA) is 54.0 Å². The van der Waals surface area contributed by atoms with Crippen LogP contribution in [0.1, 0.15) is 53.7 Å². The molecule has 1 aromatic heterocycles. The Bertz CT molecular complexity index is 748. The fraction of sp³-hybridized carbons (Fsp3) is 0.364. The molecule has 1 amide bonds. The average molecular weight is 349 g/mol. The highest BCUT2D eigenvalue weighted by atomic mass is 16.1. The van der Waals surface area contributed by atoms with E-state index in [0.29, 0.717) is 12.2 Å². The average Bonchev–Trinajstić information content (AvgIpc) is 2.69. The minimum Gasteiger partial charge on any atom is -0.383 e. The smallest absolute Gasteiger partial charge is 0.270 e. The number of rotatable bonds is 7. The Labute approximate surface area is 155 Å². The second-order valence-electron chi connectivity index (χ2n) is 6.89. The van der Waals surface area contributed by atoms with Crippen LogP contribution in [0.2, 0.25) is 0 Å². The fourth-order valence-electron chi connectivity index (χ4n) is 3.11. The van der Waals surface area contributed by atoms with Crippen molar-refractivity contribution in [3.05, 3.63) is 71.1 Å². The first kappa shape index (κ1) is 18.2. The zero-order valence-corrected chi connectivity index (χ0v) is 15.4. The molecule has 0 spiro atoms. The monoisotopic (exact) mass is 349 g/mol. The third kappa shape index (κ3) is 5.45. The van der Waals surface area contributed by atoms with E-state index in [-0.39, 0.29) is 5.91 Å². The summed E-state index contributed by atoms with van der Waals surface area (Å²) in [5.74, 6) is -0.149. The maximum absolute atomic E-state index is 12.2. The van der Waals surface area contributed by atoms with Crippen LogP contribution < -0.4 is 10.6 Å². The van der Waals surface area contributed by atoms with Crippen molar-refractivity contribution in [2.75, 3.05) is 11.9 Å². The Morgan fingerprint density at radius 3 is 2.65 bits per heavy atom. The number of hydrogen-bond acceptors (Lipinski definition) is 3. The first-order chi connectivity index (χ1) is 12.7. The summed E-state index contributed by atoms with van der Waals surface area (Å²) in [6.45, 7) is 3.47. The molecule has 0 saturated carbocycles. The molecule has 1 heterocycles. The van der Waals surface area contributed by atoms with Crippen LogP contribution in [0.5, 0.6) is 0 Å². The number of allylic oxidation sites excluding steroid dienone is 1. The number of pyridine rings is 1. The molecule has 4 nitrogen and oxygen atoms in total. The Morgan fingerprint density at radius 1 is 1.12 bits per heavy atom. The first-order valence-electron chi connectivity index (χ1n) is 9.42. The molecule has 4 heteroatoms. The molecule has 0 saturated heterocycles. The molecule has 2 N–H and O–H groups in total. The number of carbonyl (C=O) groups is 1. The van der Waals surface area contributed by atoms with Gasteiger partial charge >= 0.3 is 0 Å². The van der Waals surface area contributed by atoms with E-state index in [4.69, 9.17) is 0 Å². The van der Waals surface area contributed by atoms with Crippen LogP contribution in [0.15, 0.2) is 54.2 Å². The Kier molecular flexibility index (Phi) is 6.42. The number of nitrogens with one attached hydrogen (secondary N) is 2. The molecule has 1 aliphatic rings. The van der Waals surface area contributed by atoms with Gasteiger partial charge in [0.2, 0.25) is 0 Å². The van der Waals surface area contributed by atoms with Gasteiger partial charge in [0.05, 0.1) is 11.9 Å². The SMILES string of the molecule is Cc1ccc(CNC(=O)c2ccc(NCCC3=CCCCC3)cn2)cc1. The zero-order valence-electron chi connectivity index (χ0n) is 15.4. The number of hydrogen-bond donors (Lipinski definition) is 2. The largest absolute Gasteiger partial charge is 0.383 e. The summed E-state index contributed by atoms with van der Waals surface area (Å²) < 4.78 is 0. The van der Waals surface area contributed by atoms with Gasteiger partial charge in [0.1, 0.15) is 5.69 Å². The van der Waals surface area contributed by atoms with Gasteiger partial charge in [0.25, 0.3) is 5.91 Å². The van der Waals surface area contributed by atoms with Gasteiger partial charge in [-0.2, -0.15) is 0 Å². The van der Waals surface area contributed by atoms with Crippen LogP contribution >= 0.6 is 0 Å². The van der Waals surface area contributed by atoms with Crippen molar-refractivity contribution < 1.29 is 4.79 Å². The number of aromatic nitrogens is 1. The molecule has 0 unspecified atom stereocenters. The molecule has 1 aromatic carbocycles. The van der Waals surface area contributed by atoms with E-state index in [9.17, 15) is 4.79 Å². The molecule has 0 aliphatic heterocycles. The number of amides is 1. The lowest BCUT2D eigenvalue weighted by Crippen LogP contribution is -2.23. The molecule has 136 valence electrons. The summed E-state index contributed by atoms with van der Waals surface area (Å²) in [5, 5.41) is 6.30. The summed E-state index contributed by atoms with van der Waals surface area (Å²) >= 11 is 0. The fourth-order valence-corrected chi connectivity index (χ4v) is 3.11. The van der Waals surface area contributed by atoms with Gasteiger partial charge in [-0.15, -0.1) is 0 Å². The summed E-state index contributed by atoms with van der Waals surface area (Å²) in [4.78, 5) is 16.5. The van der Waals surface area contributed by atoms with Crippen molar-refractivity contribution in [3.8, 4) is 0 Å². The standard InChI is InChI=1S/C22H27N3O/c1-17-7-9-19(10-8-17)15-25-22(26)21-12-11-20(16-24-21)23-14-13-18-5-3-2-4-6-18/h5,7-12,16,23H,2-4,6,13-15H2,1H3,(H,25,26). The van der Waals surface area contributed by atoms with Crippen molar-refractivity contribution in [1.29, 1.82) is 0 Å². The lowest BCUT2D eigenvalue weighted by molar-refractivity contribution is 0.0946. The van der Waals surface area contributed by atoms with E-state index in [1.807, 2.05) is 37.3 Å². The highest BCUT2D eigenvalue weighted by Crippen LogP contribution is 2.20. The Morgan fingerprint density at radius 2 is 1.96 bits per heavy atom. The van der Waals surface area contributed by atoms with Crippen LogP contribution in [-0.2, 0) is 6.54 Å². The molecule has 26 heavy (non-hydrogen) atoms. The molecule has 1 aliphatic carbocycles. The predicted molar refractivity (Wildman–Crippen MR) is 106 cm³/mol. The van der Waals surface area contributed by atoms with Gasteiger partial charge in [0, 0.05) is 13.1 Å². The third-order valence-corrected chi connectivity index (χ3v) is 4.73. The molecule has 3 rings (SSSR count). The maximum Gasteiger partial charge on any atom is 0.270 e. The van der Waals surface area contributed by atoms with E-state index < -0.39 is 0 Å². The van der Waals surface area contributed by atoms with Crippen molar-refractivity contribution in [3.63, 3.8) is 0 Å². The molecule has 0 atom stereocenters. The van der Waals surface area contributed by atoms with Gasteiger partial charge in [-0.25, -0.2) is 4.98 Å². The predicted octanol–water partition coefficient (Wildman–Crippen LogP) is 4.62. The van der Waals surface area contributed by atoms with Crippen LogP contribution in [0.4, 0.5) is 5.69 Å². The van der Waals surface area contributed by atoms with Crippen molar-refractivity contribution in [2.24, 2.45) is 0 Å². The number of carbonyl (C=O) groups excluding carboxylic acids is 1. The highest BCUT2D eigenvalue weighted by molar-refractivity contribution is 5.92. The number of aryl methyl sites for hydroxylation is 1. The molecule has 2 aromatic rings. The van der Waals surface area contributed by atoms with Crippen molar-refractivity contribution in [2.45, 2.75) is 45.6 Å². The Balaban J connectivity index is 1.44. The number of nitrogens with zero attached hydrogens (tertiary/aromatic N) is 1.